The second-order valence-electron chi connectivity index (χ2n) is 4.83. The average molecular weight is 340 g/mol. The number of hydrogen-bond donors (Lipinski definition) is 1. The lowest BCUT2D eigenvalue weighted by Gasteiger charge is -2.04. The van der Waals surface area contributed by atoms with Crippen LogP contribution in [0.15, 0.2) is 17.0 Å². The van der Waals surface area contributed by atoms with Crippen molar-refractivity contribution in [2.75, 3.05) is 13.1 Å². The Morgan fingerprint density at radius 1 is 1.35 bits per heavy atom. The fraction of sp³-hybridized carbons (Fsp3) is 0.571. The molecule has 0 spiro atoms. The Labute approximate surface area is 128 Å². The van der Waals surface area contributed by atoms with Gasteiger partial charge < -0.3 is 9.88 Å². The number of hydrogen-bond acceptors (Lipinski definition) is 3. The highest BCUT2D eigenvalue weighted by atomic mass is 79.9. The predicted octanol–water partition coefficient (Wildman–Crippen LogP) is 2.14. The first-order valence-electron chi connectivity index (χ1n) is 7.07. The van der Waals surface area contributed by atoms with E-state index >= 15 is 0 Å². The molecule has 2 aromatic rings. The van der Waals surface area contributed by atoms with Gasteiger partial charge in [-0.3, -0.25) is 4.68 Å². The summed E-state index contributed by atoms with van der Waals surface area (Å²) in [6.45, 7) is 7.00. The number of aryl methyl sites for hydroxylation is 2. The molecule has 0 aliphatic heterocycles. The van der Waals surface area contributed by atoms with Crippen molar-refractivity contribution in [3.63, 3.8) is 0 Å². The summed E-state index contributed by atoms with van der Waals surface area (Å²) in [5.74, 6) is 0. The Morgan fingerprint density at radius 3 is 2.80 bits per heavy atom. The van der Waals surface area contributed by atoms with Gasteiger partial charge >= 0.3 is 0 Å². The zero-order valence-electron chi connectivity index (χ0n) is 12.4. The van der Waals surface area contributed by atoms with E-state index in [4.69, 9.17) is 0 Å². The molecular weight excluding hydrogens is 318 g/mol. The second-order valence-corrected chi connectivity index (χ2v) is 5.62. The maximum atomic E-state index is 4.52. The van der Waals surface area contributed by atoms with Crippen LogP contribution in [0.3, 0.4) is 0 Å². The summed E-state index contributed by atoms with van der Waals surface area (Å²) < 4.78 is 5.18. The van der Waals surface area contributed by atoms with E-state index in [2.05, 4.69) is 55.9 Å². The van der Waals surface area contributed by atoms with E-state index in [9.17, 15) is 0 Å². The summed E-state index contributed by atoms with van der Waals surface area (Å²) in [7, 11) is 1.99. The Morgan fingerprint density at radius 2 is 2.15 bits per heavy atom. The van der Waals surface area contributed by atoms with Crippen LogP contribution in [0.4, 0.5) is 0 Å². The molecule has 0 atom stereocenters. The molecule has 0 unspecified atom stereocenters. The number of nitrogens with zero attached hydrogens (tertiary/aromatic N) is 4. The molecule has 0 aliphatic rings. The van der Waals surface area contributed by atoms with Crippen LogP contribution in [0, 0.1) is 0 Å². The average Bonchev–Trinajstić information content (AvgIpc) is 2.99. The molecule has 1 N–H and O–H groups in total. The molecule has 0 amide bonds. The van der Waals surface area contributed by atoms with Gasteiger partial charge in [0.2, 0.25) is 0 Å². The summed E-state index contributed by atoms with van der Waals surface area (Å²) in [5.41, 5.74) is 3.41. The van der Waals surface area contributed by atoms with E-state index < -0.39 is 0 Å². The van der Waals surface area contributed by atoms with Gasteiger partial charge in [0.25, 0.3) is 0 Å². The van der Waals surface area contributed by atoms with Crippen LogP contribution in [0.25, 0.3) is 0 Å². The minimum absolute atomic E-state index is 0.790. The first kappa shape index (κ1) is 15.3. The van der Waals surface area contributed by atoms with Crippen molar-refractivity contribution in [3.8, 4) is 0 Å². The van der Waals surface area contributed by atoms with E-state index in [0.29, 0.717) is 0 Å². The summed E-state index contributed by atoms with van der Waals surface area (Å²) in [5, 5.41) is 7.83. The van der Waals surface area contributed by atoms with Crippen molar-refractivity contribution in [3.05, 3.63) is 34.1 Å². The van der Waals surface area contributed by atoms with Crippen molar-refractivity contribution in [1.82, 2.24) is 24.6 Å². The van der Waals surface area contributed by atoms with Gasteiger partial charge in [-0.1, -0.05) is 13.8 Å². The second kappa shape index (κ2) is 7.04. The third kappa shape index (κ3) is 3.49. The van der Waals surface area contributed by atoms with Crippen LogP contribution in [0.1, 0.15) is 30.9 Å². The largest absolute Gasteiger partial charge is 0.331 e. The Kier molecular flexibility index (Phi) is 5.37. The number of halogens is 1. The van der Waals surface area contributed by atoms with Gasteiger partial charge in [-0.05, 0) is 28.9 Å². The minimum atomic E-state index is 0.790. The lowest BCUT2D eigenvalue weighted by molar-refractivity contribution is 0.658. The number of likely N-dealkylation sites (N-methyl/N-ethyl adjacent to an activating group) is 1. The topological polar surface area (TPSA) is 47.7 Å². The Hall–Kier alpha value is -1.14. The van der Waals surface area contributed by atoms with Crippen LogP contribution in [-0.2, 0) is 26.4 Å². The molecule has 2 aromatic heterocycles. The first-order chi connectivity index (χ1) is 9.65. The number of aromatic nitrogens is 4. The van der Waals surface area contributed by atoms with Crippen molar-refractivity contribution in [2.45, 2.75) is 33.2 Å². The van der Waals surface area contributed by atoms with Gasteiger partial charge in [0.05, 0.1) is 34.4 Å². The smallest absolute Gasteiger partial charge is 0.0953 e. The lowest BCUT2D eigenvalue weighted by Crippen LogP contribution is -2.16. The van der Waals surface area contributed by atoms with Gasteiger partial charge in [0, 0.05) is 26.2 Å². The predicted molar refractivity (Wildman–Crippen MR) is 83.9 cm³/mol. The summed E-state index contributed by atoms with van der Waals surface area (Å²) >= 11 is 3.65. The molecular formula is C14H22BrN5. The molecule has 5 nitrogen and oxygen atoms in total. The molecule has 0 radical (unpaired) electrons. The van der Waals surface area contributed by atoms with E-state index in [-0.39, 0.29) is 0 Å². The van der Waals surface area contributed by atoms with Gasteiger partial charge in [0.1, 0.15) is 0 Å². The van der Waals surface area contributed by atoms with Gasteiger partial charge in [-0.15, -0.1) is 0 Å². The first-order valence-corrected chi connectivity index (χ1v) is 7.86. The highest BCUT2D eigenvalue weighted by Crippen LogP contribution is 2.22. The molecule has 20 heavy (non-hydrogen) atoms. The van der Waals surface area contributed by atoms with Crippen molar-refractivity contribution < 1.29 is 0 Å². The normalized spacial score (nSPS) is 11.2. The maximum Gasteiger partial charge on any atom is 0.0953 e. The molecule has 0 saturated carbocycles. The van der Waals surface area contributed by atoms with Crippen LogP contribution in [0.2, 0.25) is 0 Å². The third-order valence-corrected chi connectivity index (χ3v) is 4.25. The fourth-order valence-electron chi connectivity index (χ4n) is 2.18. The number of imidazole rings is 1. The van der Waals surface area contributed by atoms with E-state index in [1.807, 2.05) is 18.1 Å². The van der Waals surface area contributed by atoms with Crippen molar-refractivity contribution >= 4 is 15.9 Å². The Balaban J connectivity index is 2.05. The van der Waals surface area contributed by atoms with Gasteiger partial charge in [0.15, 0.2) is 0 Å². The molecule has 2 heterocycles. The molecule has 6 heteroatoms. The highest BCUT2D eigenvalue weighted by molar-refractivity contribution is 9.10. The highest BCUT2D eigenvalue weighted by Gasteiger charge is 2.13. The van der Waals surface area contributed by atoms with Crippen molar-refractivity contribution in [1.29, 1.82) is 0 Å². The van der Waals surface area contributed by atoms with Crippen LogP contribution >= 0.6 is 15.9 Å². The number of nitrogens with one attached hydrogen (secondary N) is 1. The van der Waals surface area contributed by atoms with Gasteiger partial charge in [-0.25, -0.2) is 4.98 Å². The standard InChI is InChI=1S/C14H22BrN5/c1-4-12-14(15)13(19(3)18-12)9-20-8-11(17-10-20)6-7-16-5-2/h8,10,16H,4-7,9H2,1-3H3. The zero-order chi connectivity index (χ0) is 14.5. The van der Waals surface area contributed by atoms with Crippen molar-refractivity contribution in [2.24, 2.45) is 7.05 Å². The van der Waals surface area contributed by atoms with Crippen LogP contribution in [-0.4, -0.2) is 32.4 Å². The number of rotatable bonds is 7. The SMILES string of the molecule is CCNCCc1cn(Cc2c(Br)c(CC)nn2C)cn1. The summed E-state index contributed by atoms with van der Waals surface area (Å²) in [4.78, 5) is 4.45. The maximum absolute atomic E-state index is 4.52. The Bertz CT molecular complexity index is 558. The molecule has 0 fully saturated rings. The molecule has 0 aliphatic carbocycles. The molecule has 0 saturated heterocycles. The van der Waals surface area contributed by atoms with E-state index in [1.165, 1.54) is 5.69 Å². The lowest BCUT2D eigenvalue weighted by atomic mass is 10.3. The summed E-state index contributed by atoms with van der Waals surface area (Å²) in [6.07, 6.45) is 5.91. The monoisotopic (exact) mass is 339 g/mol. The quantitative estimate of drug-likeness (QED) is 0.786. The molecule has 2 rings (SSSR count). The molecule has 110 valence electrons. The molecule has 0 bridgehead atoms. The fourth-order valence-corrected chi connectivity index (χ4v) is 2.92. The summed E-state index contributed by atoms with van der Waals surface area (Å²) in [6, 6.07) is 0. The minimum Gasteiger partial charge on any atom is -0.331 e. The third-order valence-electron chi connectivity index (χ3n) is 3.33. The zero-order valence-corrected chi connectivity index (χ0v) is 13.9. The molecule has 0 aromatic carbocycles. The van der Waals surface area contributed by atoms with Gasteiger partial charge in [-0.2, -0.15) is 5.10 Å². The van der Waals surface area contributed by atoms with Crippen LogP contribution < -0.4 is 5.32 Å². The van der Waals surface area contributed by atoms with E-state index in [0.717, 1.165) is 48.3 Å². The van der Waals surface area contributed by atoms with Crippen LogP contribution in [0.5, 0.6) is 0 Å². The van der Waals surface area contributed by atoms with E-state index in [1.54, 1.807) is 0 Å².